The molecule has 0 aromatic heterocycles. The van der Waals surface area contributed by atoms with Crippen molar-refractivity contribution < 1.29 is 0 Å². The summed E-state index contributed by atoms with van der Waals surface area (Å²) in [6.45, 7) is 5.05. The molecule has 0 bridgehead atoms. The minimum Gasteiger partial charge on any atom is -0.372 e. The molecule has 1 rings (SSSR count). The molecular weight excluding hydrogens is 172 g/mol. The SMILES string of the molecule is CCC(C)N(C)c1cccc(CN)c1. The predicted molar refractivity (Wildman–Crippen MR) is 62.5 cm³/mol. The smallest absolute Gasteiger partial charge is 0.0369 e. The fourth-order valence-electron chi connectivity index (χ4n) is 1.43. The van der Waals surface area contributed by atoms with Crippen molar-refractivity contribution in [1.82, 2.24) is 0 Å². The Bertz CT molecular complexity index is 283. The Hall–Kier alpha value is -1.02. The summed E-state index contributed by atoms with van der Waals surface area (Å²) in [6, 6.07) is 8.99. The molecule has 2 N–H and O–H groups in total. The molecule has 0 saturated carbocycles. The van der Waals surface area contributed by atoms with Crippen LogP contribution in [0.4, 0.5) is 5.69 Å². The van der Waals surface area contributed by atoms with Crippen LogP contribution >= 0.6 is 0 Å². The molecule has 0 aliphatic carbocycles. The summed E-state index contributed by atoms with van der Waals surface area (Å²) in [7, 11) is 2.13. The van der Waals surface area contributed by atoms with Crippen LogP contribution in [0, 0.1) is 0 Å². The second kappa shape index (κ2) is 5.01. The zero-order valence-corrected chi connectivity index (χ0v) is 9.33. The van der Waals surface area contributed by atoms with Gasteiger partial charge in [0.1, 0.15) is 0 Å². The van der Waals surface area contributed by atoms with Crippen LogP contribution in [-0.4, -0.2) is 13.1 Å². The first kappa shape index (κ1) is 11.1. The van der Waals surface area contributed by atoms with E-state index in [0.717, 1.165) is 6.42 Å². The molecule has 0 spiro atoms. The monoisotopic (exact) mass is 192 g/mol. The Morgan fingerprint density at radius 3 is 2.71 bits per heavy atom. The van der Waals surface area contributed by atoms with E-state index in [0.29, 0.717) is 12.6 Å². The van der Waals surface area contributed by atoms with E-state index in [2.05, 4.69) is 50.1 Å². The van der Waals surface area contributed by atoms with Crippen molar-refractivity contribution in [2.24, 2.45) is 5.73 Å². The fraction of sp³-hybridized carbons (Fsp3) is 0.500. The number of nitrogens with zero attached hydrogens (tertiary/aromatic N) is 1. The van der Waals surface area contributed by atoms with Crippen molar-refractivity contribution in [2.75, 3.05) is 11.9 Å². The van der Waals surface area contributed by atoms with E-state index in [4.69, 9.17) is 5.73 Å². The lowest BCUT2D eigenvalue weighted by Crippen LogP contribution is -2.27. The Balaban J connectivity index is 2.83. The van der Waals surface area contributed by atoms with Gasteiger partial charge in [0.25, 0.3) is 0 Å². The first-order chi connectivity index (χ1) is 6.69. The molecule has 0 heterocycles. The normalized spacial score (nSPS) is 12.6. The number of nitrogens with two attached hydrogens (primary N) is 1. The summed E-state index contributed by atoms with van der Waals surface area (Å²) in [5.74, 6) is 0. The van der Waals surface area contributed by atoms with E-state index >= 15 is 0 Å². The van der Waals surface area contributed by atoms with Crippen LogP contribution in [0.15, 0.2) is 24.3 Å². The summed E-state index contributed by atoms with van der Waals surface area (Å²) in [5.41, 5.74) is 8.05. The highest BCUT2D eigenvalue weighted by atomic mass is 15.1. The molecule has 0 aliphatic rings. The van der Waals surface area contributed by atoms with Crippen molar-refractivity contribution in [2.45, 2.75) is 32.9 Å². The molecule has 1 aromatic rings. The molecule has 0 amide bonds. The number of anilines is 1. The molecule has 2 nitrogen and oxygen atoms in total. The minimum atomic E-state index is 0.572. The van der Waals surface area contributed by atoms with Crippen molar-refractivity contribution in [3.63, 3.8) is 0 Å². The molecule has 78 valence electrons. The maximum absolute atomic E-state index is 5.61. The molecule has 0 fully saturated rings. The first-order valence-electron chi connectivity index (χ1n) is 5.20. The van der Waals surface area contributed by atoms with Gasteiger partial charge in [-0.25, -0.2) is 0 Å². The summed E-state index contributed by atoms with van der Waals surface area (Å²) >= 11 is 0. The highest BCUT2D eigenvalue weighted by molar-refractivity contribution is 5.48. The van der Waals surface area contributed by atoms with Crippen LogP contribution in [0.5, 0.6) is 0 Å². The summed E-state index contributed by atoms with van der Waals surface area (Å²) < 4.78 is 0. The second-order valence-electron chi connectivity index (χ2n) is 3.74. The third-order valence-electron chi connectivity index (χ3n) is 2.81. The third kappa shape index (κ3) is 2.48. The molecule has 14 heavy (non-hydrogen) atoms. The van der Waals surface area contributed by atoms with Crippen LogP contribution < -0.4 is 10.6 Å². The van der Waals surface area contributed by atoms with Gasteiger partial charge in [-0.15, -0.1) is 0 Å². The van der Waals surface area contributed by atoms with Crippen LogP contribution in [0.2, 0.25) is 0 Å². The lowest BCUT2D eigenvalue weighted by molar-refractivity contribution is 0.663. The van der Waals surface area contributed by atoms with Crippen LogP contribution in [-0.2, 0) is 6.54 Å². The van der Waals surface area contributed by atoms with Crippen molar-refractivity contribution in [1.29, 1.82) is 0 Å². The van der Waals surface area contributed by atoms with Gasteiger partial charge in [-0.2, -0.15) is 0 Å². The highest BCUT2D eigenvalue weighted by Crippen LogP contribution is 2.17. The molecule has 2 heteroatoms. The van der Waals surface area contributed by atoms with Gasteiger partial charge in [0.15, 0.2) is 0 Å². The van der Waals surface area contributed by atoms with E-state index in [1.165, 1.54) is 11.3 Å². The third-order valence-corrected chi connectivity index (χ3v) is 2.81. The summed E-state index contributed by atoms with van der Waals surface area (Å²) in [4.78, 5) is 2.29. The van der Waals surface area contributed by atoms with Gasteiger partial charge in [-0.3, -0.25) is 0 Å². The standard InChI is InChI=1S/C12H20N2/c1-4-10(2)14(3)12-7-5-6-11(8-12)9-13/h5-8,10H,4,9,13H2,1-3H3. The topological polar surface area (TPSA) is 29.3 Å². The zero-order valence-electron chi connectivity index (χ0n) is 9.33. The van der Waals surface area contributed by atoms with E-state index < -0.39 is 0 Å². The van der Waals surface area contributed by atoms with Gasteiger partial charge in [0, 0.05) is 25.3 Å². The highest BCUT2D eigenvalue weighted by Gasteiger charge is 2.07. The lowest BCUT2D eigenvalue weighted by atomic mass is 10.1. The molecule has 1 unspecified atom stereocenters. The largest absolute Gasteiger partial charge is 0.372 e. The van der Waals surface area contributed by atoms with Crippen molar-refractivity contribution >= 4 is 5.69 Å². The number of rotatable bonds is 4. The summed E-state index contributed by atoms with van der Waals surface area (Å²) in [6.07, 6.45) is 1.16. The van der Waals surface area contributed by atoms with Crippen molar-refractivity contribution in [3.05, 3.63) is 29.8 Å². The average Bonchev–Trinajstić information content (AvgIpc) is 2.27. The Labute approximate surface area is 86.7 Å². The average molecular weight is 192 g/mol. The molecule has 1 atom stereocenters. The van der Waals surface area contributed by atoms with Gasteiger partial charge in [0.05, 0.1) is 0 Å². The molecular formula is C12H20N2. The Kier molecular flexibility index (Phi) is 3.96. The van der Waals surface area contributed by atoms with Gasteiger partial charge in [0.2, 0.25) is 0 Å². The quantitative estimate of drug-likeness (QED) is 0.793. The summed E-state index contributed by atoms with van der Waals surface area (Å²) in [5, 5.41) is 0. The van der Waals surface area contributed by atoms with Gasteiger partial charge in [-0.05, 0) is 31.0 Å². The maximum Gasteiger partial charge on any atom is 0.0369 e. The predicted octanol–water partition coefficient (Wildman–Crippen LogP) is 2.38. The second-order valence-corrected chi connectivity index (χ2v) is 3.74. The minimum absolute atomic E-state index is 0.572. The molecule has 0 aliphatic heterocycles. The Morgan fingerprint density at radius 1 is 1.43 bits per heavy atom. The van der Waals surface area contributed by atoms with E-state index in [9.17, 15) is 0 Å². The molecule has 1 aromatic carbocycles. The number of benzene rings is 1. The zero-order chi connectivity index (χ0) is 10.6. The van der Waals surface area contributed by atoms with E-state index in [1.807, 2.05) is 0 Å². The van der Waals surface area contributed by atoms with E-state index in [-0.39, 0.29) is 0 Å². The van der Waals surface area contributed by atoms with Gasteiger partial charge < -0.3 is 10.6 Å². The number of hydrogen-bond donors (Lipinski definition) is 1. The maximum atomic E-state index is 5.61. The molecule has 0 radical (unpaired) electrons. The van der Waals surface area contributed by atoms with E-state index in [1.54, 1.807) is 0 Å². The molecule has 0 saturated heterocycles. The fourth-order valence-corrected chi connectivity index (χ4v) is 1.43. The number of hydrogen-bond acceptors (Lipinski definition) is 2. The lowest BCUT2D eigenvalue weighted by Gasteiger charge is -2.26. The van der Waals surface area contributed by atoms with Gasteiger partial charge in [-0.1, -0.05) is 19.1 Å². The first-order valence-corrected chi connectivity index (χ1v) is 5.20. The van der Waals surface area contributed by atoms with Crippen LogP contribution in [0.25, 0.3) is 0 Å². The Morgan fingerprint density at radius 2 is 2.14 bits per heavy atom. The van der Waals surface area contributed by atoms with Crippen molar-refractivity contribution in [3.8, 4) is 0 Å². The van der Waals surface area contributed by atoms with Gasteiger partial charge >= 0.3 is 0 Å². The van der Waals surface area contributed by atoms with Crippen LogP contribution in [0.3, 0.4) is 0 Å². The van der Waals surface area contributed by atoms with Crippen LogP contribution in [0.1, 0.15) is 25.8 Å².